The molecule has 1 atom stereocenters. The molecule has 0 fully saturated rings. The van der Waals surface area contributed by atoms with Gasteiger partial charge in [-0.2, -0.15) is 4.39 Å². The lowest BCUT2D eigenvalue weighted by atomic mass is 9.98. The molecular formula is C20H22ClFNO6P. The second-order valence-electron chi connectivity index (χ2n) is 6.50. The summed E-state index contributed by atoms with van der Waals surface area (Å²) in [7, 11) is -4.33. The molecule has 0 aliphatic rings. The quantitative estimate of drug-likeness (QED) is 0.243. The number of benzene rings is 1. The first-order valence-electron chi connectivity index (χ1n) is 8.76. The van der Waals surface area contributed by atoms with E-state index in [1.165, 1.54) is 6.08 Å². The lowest BCUT2D eigenvalue weighted by Gasteiger charge is -2.17. The number of carbonyl (C=O) groups is 2. The zero-order valence-electron chi connectivity index (χ0n) is 16.1. The molecule has 0 radical (unpaired) electrons. The van der Waals surface area contributed by atoms with Crippen molar-refractivity contribution in [3.8, 4) is 12.3 Å². The molecule has 4 N–H and O–H groups in total. The third-order valence-electron chi connectivity index (χ3n) is 3.87. The summed E-state index contributed by atoms with van der Waals surface area (Å²) in [5.74, 6) is -0.670. The van der Waals surface area contributed by atoms with Crippen LogP contribution in [0, 0.1) is 12.3 Å². The van der Waals surface area contributed by atoms with Crippen LogP contribution in [0.4, 0.5) is 4.39 Å². The van der Waals surface area contributed by atoms with Gasteiger partial charge in [0.25, 0.3) is 0 Å². The van der Waals surface area contributed by atoms with Gasteiger partial charge >= 0.3 is 13.6 Å². The highest BCUT2D eigenvalue weighted by Crippen LogP contribution is 2.34. The van der Waals surface area contributed by atoms with Gasteiger partial charge in [-0.25, -0.2) is 0 Å². The van der Waals surface area contributed by atoms with Crippen LogP contribution in [0.3, 0.4) is 0 Å². The summed E-state index contributed by atoms with van der Waals surface area (Å²) in [4.78, 5) is 40.7. The molecule has 0 bridgehead atoms. The lowest BCUT2D eigenvalue weighted by molar-refractivity contribution is -0.137. The molecule has 0 spiro atoms. The van der Waals surface area contributed by atoms with E-state index in [0.29, 0.717) is 16.2 Å². The Kier molecular flexibility index (Phi) is 9.97. The lowest BCUT2D eigenvalue weighted by Crippen LogP contribution is -2.38. The average molecular weight is 458 g/mol. The van der Waals surface area contributed by atoms with Crippen LogP contribution in [0.5, 0.6) is 0 Å². The van der Waals surface area contributed by atoms with Crippen molar-refractivity contribution in [3.05, 3.63) is 52.3 Å². The molecule has 1 rings (SSSR count). The molecule has 162 valence electrons. The Morgan fingerprint density at radius 1 is 1.33 bits per heavy atom. The van der Waals surface area contributed by atoms with E-state index < -0.39 is 43.9 Å². The Morgan fingerprint density at radius 2 is 1.93 bits per heavy atom. The first-order valence-corrected chi connectivity index (χ1v) is 10.9. The zero-order chi connectivity index (χ0) is 22.9. The highest BCUT2D eigenvalue weighted by molar-refractivity contribution is 7.51. The minimum atomic E-state index is -4.33. The van der Waals surface area contributed by atoms with Gasteiger partial charge in [0.1, 0.15) is 0 Å². The zero-order valence-corrected chi connectivity index (χ0v) is 17.8. The number of nitrogens with one attached hydrogen (secondary N) is 1. The molecule has 0 heterocycles. The largest absolute Gasteiger partial charge is 0.481 e. The number of aliphatic carboxylic acids is 1. The van der Waals surface area contributed by atoms with Gasteiger partial charge in [0.15, 0.2) is 5.83 Å². The van der Waals surface area contributed by atoms with Crippen LogP contribution in [0.15, 0.2) is 41.2 Å². The highest BCUT2D eigenvalue weighted by atomic mass is 35.5. The Hall–Kier alpha value is -2.43. The number of hydrogen-bond acceptors (Lipinski definition) is 3. The van der Waals surface area contributed by atoms with E-state index >= 15 is 0 Å². The third kappa shape index (κ3) is 9.86. The fraction of sp³-hybridized carbons (Fsp3) is 0.300. The average Bonchev–Trinajstić information content (AvgIpc) is 2.63. The molecule has 0 unspecified atom stereocenters. The van der Waals surface area contributed by atoms with Gasteiger partial charge in [-0.3, -0.25) is 14.2 Å². The predicted octanol–water partition coefficient (Wildman–Crippen LogP) is 3.21. The van der Waals surface area contributed by atoms with Crippen LogP contribution >= 0.6 is 19.2 Å². The predicted molar refractivity (Wildman–Crippen MR) is 112 cm³/mol. The normalized spacial score (nSPS) is 13.8. The maximum atomic E-state index is 14.0. The summed E-state index contributed by atoms with van der Waals surface area (Å²) in [6.45, 7) is 1.57. The fourth-order valence-electron chi connectivity index (χ4n) is 2.59. The minimum absolute atomic E-state index is 0.129. The fourth-order valence-corrected chi connectivity index (χ4v) is 3.19. The molecule has 0 aliphatic heterocycles. The molecule has 1 aromatic carbocycles. The van der Waals surface area contributed by atoms with Crippen molar-refractivity contribution < 1.29 is 33.4 Å². The topological polar surface area (TPSA) is 124 Å². The van der Waals surface area contributed by atoms with Crippen molar-refractivity contribution in [2.45, 2.75) is 32.2 Å². The van der Waals surface area contributed by atoms with E-state index in [-0.39, 0.29) is 18.4 Å². The number of rotatable bonds is 10. The van der Waals surface area contributed by atoms with E-state index in [9.17, 15) is 18.5 Å². The van der Waals surface area contributed by atoms with Crippen LogP contribution in [0.2, 0.25) is 0 Å². The van der Waals surface area contributed by atoms with E-state index in [4.69, 9.17) is 32.9 Å². The highest BCUT2D eigenvalue weighted by Gasteiger charge is 2.20. The number of terminal acetylenes is 1. The number of allylic oxidation sites excluding steroid dienone is 4. The third-order valence-corrected chi connectivity index (χ3v) is 4.79. The van der Waals surface area contributed by atoms with Crippen LogP contribution in [-0.4, -0.2) is 39.0 Å². The van der Waals surface area contributed by atoms with Gasteiger partial charge in [0, 0.05) is 23.1 Å². The van der Waals surface area contributed by atoms with Crippen molar-refractivity contribution in [3.63, 3.8) is 0 Å². The monoisotopic (exact) mass is 457 g/mol. The summed E-state index contributed by atoms with van der Waals surface area (Å²) >= 11 is 5.82. The van der Waals surface area contributed by atoms with Gasteiger partial charge in [0.2, 0.25) is 5.91 Å². The van der Waals surface area contributed by atoms with E-state index in [2.05, 4.69) is 5.32 Å². The Balaban J connectivity index is 2.97. The molecule has 0 aliphatic carbocycles. The second kappa shape index (κ2) is 11.7. The van der Waals surface area contributed by atoms with Gasteiger partial charge in [-0.05, 0) is 36.5 Å². The standard InChI is InChI=1S/C20H22ClFNO6P/c1-3-18(22)17(10-13(2)21)15-6-4-14(5-7-15)11-16(12-20(25)26)23-19(24)8-9-30(27,28)29/h1,4-7,10,16H,8-9,11-12H2,2H3,(H,23,24)(H,25,26)(H2,27,28,29)/b13-10+,18-17-/t16-/m1/s1. The molecule has 1 amide bonds. The number of carboxylic acids is 1. The molecule has 30 heavy (non-hydrogen) atoms. The second-order valence-corrected chi connectivity index (χ2v) is 8.88. The van der Waals surface area contributed by atoms with Crippen LogP contribution in [0.1, 0.15) is 30.9 Å². The maximum absolute atomic E-state index is 14.0. The molecule has 0 saturated heterocycles. The number of carboxylic acid groups (broad SMARTS) is 1. The Morgan fingerprint density at radius 3 is 2.40 bits per heavy atom. The summed E-state index contributed by atoms with van der Waals surface area (Å²) in [6, 6.07) is 5.65. The smallest absolute Gasteiger partial charge is 0.326 e. The molecule has 10 heteroatoms. The summed E-state index contributed by atoms with van der Waals surface area (Å²) in [5, 5.41) is 11.9. The molecule has 0 saturated carbocycles. The van der Waals surface area contributed by atoms with Crippen molar-refractivity contribution in [2.24, 2.45) is 0 Å². The maximum Gasteiger partial charge on any atom is 0.326 e. The van der Waals surface area contributed by atoms with Crippen molar-refractivity contribution >= 4 is 36.6 Å². The summed E-state index contributed by atoms with van der Waals surface area (Å²) in [5.41, 5.74) is 1.26. The Bertz CT molecular complexity index is 926. The summed E-state index contributed by atoms with van der Waals surface area (Å²) < 4.78 is 24.8. The van der Waals surface area contributed by atoms with Gasteiger partial charge in [-0.1, -0.05) is 35.9 Å². The van der Waals surface area contributed by atoms with Gasteiger partial charge in [0.05, 0.1) is 12.6 Å². The van der Waals surface area contributed by atoms with Crippen LogP contribution in [0.25, 0.3) is 5.57 Å². The van der Waals surface area contributed by atoms with Crippen molar-refractivity contribution in [1.29, 1.82) is 0 Å². The summed E-state index contributed by atoms with van der Waals surface area (Å²) in [6.07, 6.45) is 5.23. The Labute approximate surface area is 178 Å². The number of hydrogen-bond donors (Lipinski definition) is 4. The molecule has 0 aromatic heterocycles. The van der Waals surface area contributed by atoms with Crippen LogP contribution in [-0.2, 0) is 20.6 Å². The first-order chi connectivity index (χ1) is 13.9. The van der Waals surface area contributed by atoms with Gasteiger partial charge in [-0.15, -0.1) is 6.42 Å². The number of amides is 1. The van der Waals surface area contributed by atoms with Crippen LogP contribution < -0.4 is 5.32 Å². The molecular weight excluding hydrogens is 436 g/mol. The van der Waals surface area contributed by atoms with Crippen molar-refractivity contribution in [1.82, 2.24) is 5.32 Å². The number of halogens is 2. The van der Waals surface area contributed by atoms with Crippen molar-refractivity contribution in [2.75, 3.05) is 6.16 Å². The number of carbonyl (C=O) groups excluding carboxylic acids is 1. The molecule has 1 aromatic rings. The van der Waals surface area contributed by atoms with E-state index in [0.717, 1.165) is 0 Å². The van der Waals surface area contributed by atoms with Gasteiger partial charge < -0.3 is 20.2 Å². The molecule has 7 nitrogen and oxygen atoms in total. The van der Waals surface area contributed by atoms with E-state index in [1.807, 2.05) is 5.92 Å². The van der Waals surface area contributed by atoms with E-state index in [1.54, 1.807) is 31.2 Å². The minimum Gasteiger partial charge on any atom is -0.481 e. The first kappa shape index (κ1) is 25.6. The SMILES string of the molecule is C#C/C(F)=C(\C=C(/C)Cl)c1ccc(C[C@H](CC(=O)O)NC(=O)CCP(=O)(O)O)cc1.